The van der Waals surface area contributed by atoms with Crippen molar-refractivity contribution in [2.24, 2.45) is 0 Å². The minimum absolute atomic E-state index is 0.542. The van der Waals surface area contributed by atoms with E-state index in [9.17, 15) is 0 Å². The number of nitrogens with two attached hydrogens (primary N) is 1. The lowest BCUT2D eigenvalue weighted by Crippen LogP contribution is -2.03. The van der Waals surface area contributed by atoms with E-state index < -0.39 is 0 Å². The normalized spacial score (nSPS) is 10.2. The molecule has 0 bridgehead atoms. The number of nitrogens with zero attached hydrogens (tertiary/aromatic N) is 2. The van der Waals surface area contributed by atoms with Crippen LogP contribution in [0, 0.1) is 0 Å². The van der Waals surface area contributed by atoms with Crippen LogP contribution >= 0.6 is 22.9 Å². The number of anilines is 2. The molecule has 0 aliphatic heterocycles. The highest BCUT2D eigenvalue weighted by molar-refractivity contribution is 7.16. The zero-order valence-corrected chi connectivity index (χ0v) is 9.35. The van der Waals surface area contributed by atoms with E-state index in [1.54, 1.807) is 6.20 Å². The maximum absolute atomic E-state index is 5.81. The number of aromatic nitrogens is 2. The summed E-state index contributed by atoms with van der Waals surface area (Å²) < 4.78 is 0.780. The molecule has 0 saturated heterocycles. The SMILES string of the molecule is Nc1cncnc1NCc1ccc(Cl)s1. The standard InChI is InChI=1S/C9H9ClN4S/c10-8-2-1-6(15-8)3-13-9-7(11)4-12-5-14-9/h1-2,4-5H,3,11H2,(H,12,13,14). The van der Waals surface area contributed by atoms with Crippen LogP contribution in [0.25, 0.3) is 0 Å². The van der Waals surface area contributed by atoms with Crippen molar-refractivity contribution in [3.63, 3.8) is 0 Å². The molecular weight excluding hydrogens is 232 g/mol. The smallest absolute Gasteiger partial charge is 0.152 e. The molecular formula is C9H9ClN4S. The maximum Gasteiger partial charge on any atom is 0.152 e. The third-order valence-corrected chi connectivity index (χ3v) is 3.03. The van der Waals surface area contributed by atoms with Crippen LogP contribution in [-0.4, -0.2) is 9.97 Å². The summed E-state index contributed by atoms with van der Waals surface area (Å²) in [7, 11) is 0. The first-order chi connectivity index (χ1) is 7.25. The van der Waals surface area contributed by atoms with Crippen LogP contribution in [0.4, 0.5) is 11.5 Å². The molecule has 0 spiro atoms. The number of nitrogen functional groups attached to an aromatic ring is 1. The number of nitrogens with one attached hydrogen (secondary N) is 1. The van der Waals surface area contributed by atoms with Crippen molar-refractivity contribution in [3.05, 3.63) is 33.9 Å². The predicted molar refractivity (Wildman–Crippen MR) is 63.1 cm³/mol. The Bertz CT molecular complexity index is 457. The highest BCUT2D eigenvalue weighted by atomic mass is 35.5. The van der Waals surface area contributed by atoms with E-state index in [1.807, 2.05) is 12.1 Å². The molecule has 0 fully saturated rings. The van der Waals surface area contributed by atoms with E-state index >= 15 is 0 Å². The van der Waals surface area contributed by atoms with Gasteiger partial charge in [0.1, 0.15) is 6.33 Å². The summed E-state index contributed by atoms with van der Waals surface area (Å²) in [5.74, 6) is 0.648. The van der Waals surface area contributed by atoms with Crippen molar-refractivity contribution in [2.45, 2.75) is 6.54 Å². The number of rotatable bonds is 3. The lowest BCUT2D eigenvalue weighted by atomic mass is 10.4. The fourth-order valence-corrected chi connectivity index (χ4v) is 2.13. The van der Waals surface area contributed by atoms with Crippen molar-refractivity contribution in [1.29, 1.82) is 0 Å². The Kier molecular flexibility index (Phi) is 3.03. The van der Waals surface area contributed by atoms with Gasteiger partial charge in [0.25, 0.3) is 0 Å². The largest absolute Gasteiger partial charge is 0.394 e. The van der Waals surface area contributed by atoms with Gasteiger partial charge in [0, 0.05) is 4.88 Å². The van der Waals surface area contributed by atoms with Crippen molar-refractivity contribution in [2.75, 3.05) is 11.1 Å². The first kappa shape index (κ1) is 10.2. The summed E-state index contributed by atoms with van der Waals surface area (Å²) in [6.45, 7) is 0.665. The summed E-state index contributed by atoms with van der Waals surface area (Å²) in [5, 5.41) is 3.12. The summed E-state index contributed by atoms with van der Waals surface area (Å²) in [6.07, 6.45) is 3.02. The van der Waals surface area contributed by atoms with Crippen LogP contribution in [0.3, 0.4) is 0 Å². The topological polar surface area (TPSA) is 63.8 Å². The van der Waals surface area contributed by atoms with Gasteiger partial charge in [0.2, 0.25) is 0 Å². The third-order valence-electron chi connectivity index (χ3n) is 1.80. The molecule has 0 aliphatic rings. The van der Waals surface area contributed by atoms with Gasteiger partial charge in [0.05, 0.1) is 22.8 Å². The summed E-state index contributed by atoms with van der Waals surface area (Å²) >= 11 is 7.35. The van der Waals surface area contributed by atoms with Gasteiger partial charge < -0.3 is 11.1 Å². The van der Waals surface area contributed by atoms with Crippen LogP contribution in [0.15, 0.2) is 24.7 Å². The Morgan fingerprint density at radius 1 is 1.47 bits per heavy atom. The Morgan fingerprint density at radius 3 is 3.00 bits per heavy atom. The predicted octanol–water partition coefficient (Wildman–Crippen LogP) is 2.39. The monoisotopic (exact) mass is 240 g/mol. The Balaban J connectivity index is 2.02. The Hall–Kier alpha value is -1.33. The molecule has 15 heavy (non-hydrogen) atoms. The van der Waals surface area contributed by atoms with E-state index in [2.05, 4.69) is 15.3 Å². The van der Waals surface area contributed by atoms with E-state index in [0.717, 1.165) is 9.21 Å². The summed E-state index contributed by atoms with van der Waals surface area (Å²) in [6, 6.07) is 3.84. The van der Waals surface area contributed by atoms with Crippen molar-refractivity contribution < 1.29 is 0 Å². The fourth-order valence-electron chi connectivity index (χ4n) is 1.11. The van der Waals surface area contributed by atoms with Crippen LogP contribution in [0.5, 0.6) is 0 Å². The van der Waals surface area contributed by atoms with Gasteiger partial charge in [-0.3, -0.25) is 0 Å². The molecule has 0 amide bonds. The fraction of sp³-hybridized carbons (Fsp3) is 0.111. The van der Waals surface area contributed by atoms with E-state index in [4.69, 9.17) is 17.3 Å². The average Bonchev–Trinajstić information content (AvgIpc) is 2.63. The zero-order chi connectivity index (χ0) is 10.7. The molecule has 2 aromatic heterocycles. The van der Waals surface area contributed by atoms with Crippen LogP contribution < -0.4 is 11.1 Å². The second kappa shape index (κ2) is 4.46. The molecule has 0 radical (unpaired) electrons. The molecule has 0 atom stereocenters. The molecule has 4 nitrogen and oxygen atoms in total. The highest BCUT2D eigenvalue weighted by Crippen LogP contribution is 2.22. The molecule has 0 aliphatic carbocycles. The highest BCUT2D eigenvalue weighted by Gasteiger charge is 2.01. The molecule has 2 rings (SSSR count). The van der Waals surface area contributed by atoms with E-state index in [0.29, 0.717) is 18.1 Å². The second-order valence-corrected chi connectivity index (χ2v) is 4.69. The van der Waals surface area contributed by atoms with Crippen molar-refractivity contribution >= 4 is 34.4 Å². The molecule has 0 unspecified atom stereocenters. The third kappa shape index (κ3) is 2.57. The van der Waals surface area contributed by atoms with Gasteiger partial charge in [0.15, 0.2) is 5.82 Å². The van der Waals surface area contributed by atoms with Crippen LogP contribution in [-0.2, 0) is 6.54 Å². The van der Waals surface area contributed by atoms with Crippen molar-refractivity contribution in [1.82, 2.24) is 9.97 Å². The van der Waals surface area contributed by atoms with Gasteiger partial charge in [-0.2, -0.15) is 0 Å². The second-order valence-electron chi connectivity index (χ2n) is 2.89. The number of hydrogen-bond donors (Lipinski definition) is 2. The molecule has 3 N–H and O–H groups in total. The van der Waals surface area contributed by atoms with Gasteiger partial charge in [-0.1, -0.05) is 11.6 Å². The minimum Gasteiger partial charge on any atom is -0.394 e. The van der Waals surface area contributed by atoms with E-state index in [1.165, 1.54) is 17.7 Å². The van der Waals surface area contributed by atoms with Crippen molar-refractivity contribution in [3.8, 4) is 0 Å². The van der Waals surface area contributed by atoms with Gasteiger partial charge in [-0.15, -0.1) is 11.3 Å². The quantitative estimate of drug-likeness (QED) is 0.865. The molecule has 0 aromatic carbocycles. The zero-order valence-electron chi connectivity index (χ0n) is 7.77. The lowest BCUT2D eigenvalue weighted by molar-refractivity contribution is 1.10. The molecule has 2 heterocycles. The van der Waals surface area contributed by atoms with E-state index in [-0.39, 0.29) is 0 Å². The molecule has 6 heteroatoms. The van der Waals surface area contributed by atoms with Crippen LogP contribution in [0.1, 0.15) is 4.88 Å². The van der Waals surface area contributed by atoms with Gasteiger partial charge in [-0.25, -0.2) is 9.97 Å². The average molecular weight is 241 g/mol. The van der Waals surface area contributed by atoms with Crippen LogP contribution in [0.2, 0.25) is 4.34 Å². The maximum atomic E-state index is 5.81. The summed E-state index contributed by atoms with van der Waals surface area (Å²) in [4.78, 5) is 8.97. The summed E-state index contributed by atoms with van der Waals surface area (Å²) in [5.41, 5.74) is 6.22. The molecule has 78 valence electrons. The minimum atomic E-state index is 0.542. The first-order valence-electron chi connectivity index (χ1n) is 4.29. The lowest BCUT2D eigenvalue weighted by Gasteiger charge is -2.05. The molecule has 2 aromatic rings. The van der Waals surface area contributed by atoms with Gasteiger partial charge in [-0.05, 0) is 12.1 Å². The number of thiophene rings is 1. The number of hydrogen-bond acceptors (Lipinski definition) is 5. The molecule has 0 saturated carbocycles. The Morgan fingerprint density at radius 2 is 2.33 bits per heavy atom. The number of halogens is 1. The first-order valence-corrected chi connectivity index (χ1v) is 5.49. The van der Waals surface area contributed by atoms with Gasteiger partial charge >= 0.3 is 0 Å². The Labute approximate surface area is 96.1 Å².